The third kappa shape index (κ3) is 2.64. The molecule has 0 amide bonds. The number of hydrogen-bond acceptors (Lipinski definition) is 3. The summed E-state index contributed by atoms with van der Waals surface area (Å²) < 4.78 is 13.2. The Balaban J connectivity index is 1.81. The van der Waals surface area contributed by atoms with Crippen molar-refractivity contribution in [2.45, 2.75) is 26.2 Å². The van der Waals surface area contributed by atoms with Crippen LogP contribution in [0.15, 0.2) is 36.8 Å². The van der Waals surface area contributed by atoms with Gasteiger partial charge in [-0.3, -0.25) is 4.98 Å². The Morgan fingerprint density at radius 2 is 2.21 bits per heavy atom. The molecule has 1 N–H and O–H groups in total. The minimum Gasteiger partial charge on any atom is -0.371 e. The lowest BCUT2D eigenvalue weighted by Crippen LogP contribution is -2.35. The second-order valence-electron chi connectivity index (χ2n) is 6.48. The number of hydrogen-bond donors (Lipinski definition) is 1. The van der Waals surface area contributed by atoms with Crippen LogP contribution < -0.4 is 4.90 Å². The Morgan fingerprint density at radius 3 is 3.00 bits per heavy atom. The first-order valence-corrected chi connectivity index (χ1v) is 8.59. The molecule has 124 valence electrons. The third-order valence-corrected chi connectivity index (χ3v) is 4.99. The molecule has 4 nitrogen and oxygen atoms in total. The third-order valence-electron chi connectivity index (χ3n) is 4.99. The second-order valence-corrected chi connectivity index (χ2v) is 6.48. The van der Waals surface area contributed by atoms with Gasteiger partial charge in [-0.05, 0) is 37.0 Å². The summed E-state index contributed by atoms with van der Waals surface area (Å²) in [6.45, 7) is 4.41. The molecule has 1 aliphatic rings. The van der Waals surface area contributed by atoms with E-state index in [2.05, 4.69) is 32.8 Å². The van der Waals surface area contributed by atoms with E-state index in [0.717, 1.165) is 41.3 Å². The first-order valence-electron chi connectivity index (χ1n) is 8.59. The van der Waals surface area contributed by atoms with Crippen LogP contribution in [0.25, 0.3) is 22.3 Å². The summed E-state index contributed by atoms with van der Waals surface area (Å²) in [4.78, 5) is 14.4. The van der Waals surface area contributed by atoms with E-state index in [9.17, 15) is 4.39 Å². The smallest absolute Gasteiger partial charge is 0.141 e. The molecular formula is C19H21FN4. The summed E-state index contributed by atoms with van der Waals surface area (Å²) in [5.74, 6) is 0.423. The van der Waals surface area contributed by atoms with E-state index in [4.69, 9.17) is 0 Å². The number of H-pyrrole nitrogens is 1. The molecule has 1 fully saturated rings. The van der Waals surface area contributed by atoms with Gasteiger partial charge in [0.05, 0.1) is 17.3 Å². The topological polar surface area (TPSA) is 44.8 Å². The number of nitrogens with one attached hydrogen (secondary N) is 1. The maximum absolute atomic E-state index is 13.2. The van der Waals surface area contributed by atoms with Crippen molar-refractivity contribution in [2.75, 3.05) is 18.0 Å². The van der Waals surface area contributed by atoms with Crippen LogP contribution in [-0.4, -0.2) is 28.0 Å². The average Bonchev–Trinajstić information content (AvgIpc) is 3.06. The number of rotatable bonds is 3. The zero-order valence-corrected chi connectivity index (χ0v) is 13.8. The Kier molecular flexibility index (Phi) is 3.92. The Labute approximate surface area is 140 Å². The molecule has 0 aromatic carbocycles. The first-order chi connectivity index (χ1) is 11.8. The molecule has 0 bridgehead atoms. The predicted octanol–water partition coefficient (Wildman–Crippen LogP) is 4.39. The molecule has 0 radical (unpaired) electrons. The van der Waals surface area contributed by atoms with Crippen molar-refractivity contribution in [1.82, 2.24) is 15.0 Å². The summed E-state index contributed by atoms with van der Waals surface area (Å²) >= 11 is 0. The molecule has 0 spiro atoms. The van der Waals surface area contributed by atoms with Gasteiger partial charge in [-0.25, -0.2) is 9.37 Å². The summed E-state index contributed by atoms with van der Waals surface area (Å²) in [6.07, 6.45) is 8.77. The van der Waals surface area contributed by atoms with Crippen LogP contribution in [0.1, 0.15) is 26.2 Å². The largest absolute Gasteiger partial charge is 0.371 e. The Hall–Kier alpha value is -2.43. The SMILES string of the molecule is CC[C@H]1CCCN(c2ccnc3[nH]cc(-c4ccc(F)cn4)c23)C1. The maximum atomic E-state index is 13.2. The van der Waals surface area contributed by atoms with E-state index in [1.807, 2.05) is 12.4 Å². The molecular weight excluding hydrogens is 303 g/mol. The van der Waals surface area contributed by atoms with Crippen molar-refractivity contribution in [1.29, 1.82) is 0 Å². The molecule has 1 saturated heterocycles. The molecule has 1 atom stereocenters. The monoisotopic (exact) mass is 324 g/mol. The van der Waals surface area contributed by atoms with Crippen LogP contribution in [0.3, 0.4) is 0 Å². The van der Waals surface area contributed by atoms with Crippen molar-refractivity contribution in [2.24, 2.45) is 5.92 Å². The Bertz CT molecular complexity index is 840. The molecule has 5 heteroatoms. The molecule has 24 heavy (non-hydrogen) atoms. The number of aromatic nitrogens is 3. The van der Waals surface area contributed by atoms with Gasteiger partial charge in [-0.1, -0.05) is 13.3 Å². The highest BCUT2D eigenvalue weighted by molar-refractivity contribution is 6.01. The van der Waals surface area contributed by atoms with Gasteiger partial charge in [0.15, 0.2) is 0 Å². The van der Waals surface area contributed by atoms with Crippen molar-refractivity contribution < 1.29 is 4.39 Å². The summed E-state index contributed by atoms with van der Waals surface area (Å²) in [5, 5.41) is 1.08. The molecule has 1 aliphatic heterocycles. The predicted molar refractivity (Wildman–Crippen MR) is 94.5 cm³/mol. The van der Waals surface area contributed by atoms with Gasteiger partial charge >= 0.3 is 0 Å². The van der Waals surface area contributed by atoms with E-state index in [1.54, 1.807) is 6.07 Å². The molecule has 0 aliphatic carbocycles. The van der Waals surface area contributed by atoms with Gasteiger partial charge in [0.1, 0.15) is 11.5 Å². The van der Waals surface area contributed by atoms with E-state index in [-0.39, 0.29) is 5.82 Å². The van der Waals surface area contributed by atoms with E-state index < -0.39 is 0 Å². The minimum atomic E-state index is -0.321. The zero-order valence-electron chi connectivity index (χ0n) is 13.8. The van der Waals surface area contributed by atoms with Crippen LogP contribution in [0.2, 0.25) is 0 Å². The molecule has 4 heterocycles. The van der Waals surface area contributed by atoms with Gasteiger partial charge in [-0.15, -0.1) is 0 Å². The van der Waals surface area contributed by atoms with Gasteiger partial charge < -0.3 is 9.88 Å². The van der Waals surface area contributed by atoms with Crippen molar-refractivity contribution in [3.63, 3.8) is 0 Å². The normalized spacial score (nSPS) is 18.2. The van der Waals surface area contributed by atoms with Crippen molar-refractivity contribution in [3.8, 4) is 11.3 Å². The van der Waals surface area contributed by atoms with Crippen LogP contribution in [0, 0.1) is 11.7 Å². The summed E-state index contributed by atoms with van der Waals surface area (Å²) in [6, 6.07) is 5.26. The first kappa shape index (κ1) is 15.1. The second kappa shape index (κ2) is 6.23. The quantitative estimate of drug-likeness (QED) is 0.777. The fourth-order valence-corrected chi connectivity index (χ4v) is 3.66. The van der Waals surface area contributed by atoms with Crippen LogP contribution >= 0.6 is 0 Å². The lowest BCUT2D eigenvalue weighted by atomic mass is 9.95. The Morgan fingerprint density at radius 1 is 1.29 bits per heavy atom. The number of nitrogens with zero attached hydrogens (tertiary/aromatic N) is 3. The fraction of sp³-hybridized carbons (Fsp3) is 0.368. The average molecular weight is 324 g/mol. The fourth-order valence-electron chi connectivity index (χ4n) is 3.66. The summed E-state index contributed by atoms with van der Waals surface area (Å²) in [5.41, 5.74) is 3.79. The number of pyridine rings is 2. The van der Waals surface area contributed by atoms with E-state index in [0.29, 0.717) is 0 Å². The van der Waals surface area contributed by atoms with Crippen LogP contribution in [0.5, 0.6) is 0 Å². The van der Waals surface area contributed by atoms with Gasteiger partial charge in [0.2, 0.25) is 0 Å². The van der Waals surface area contributed by atoms with Crippen LogP contribution in [0.4, 0.5) is 10.1 Å². The van der Waals surface area contributed by atoms with Gasteiger partial charge in [0, 0.05) is 36.7 Å². The lowest BCUT2D eigenvalue weighted by molar-refractivity contribution is 0.405. The maximum Gasteiger partial charge on any atom is 0.141 e. The van der Waals surface area contributed by atoms with Crippen molar-refractivity contribution in [3.05, 3.63) is 42.6 Å². The van der Waals surface area contributed by atoms with Gasteiger partial charge in [-0.2, -0.15) is 0 Å². The number of anilines is 1. The van der Waals surface area contributed by atoms with Crippen LogP contribution in [-0.2, 0) is 0 Å². The van der Waals surface area contributed by atoms with E-state index in [1.165, 1.54) is 37.2 Å². The minimum absolute atomic E-state index is 0.321. The summed E-state index contributed by atoms with van der Waals surface area (Å²) in [7, 11) is 0. The standard InChI is InChI=1S/C19H21FN4/c1-2-13-4-3-9-24(12-13)17-7-8-21-19-18(17)15(11-23-19)16-6-5-14(20)10-22-16/h5-8,10-11,13H,2-4,9,12H2,1H3,(H,21,23)/t13-/m0/s1. The number of halogens is 1. The number of aromatic amines is 1. The number of fused-ring (bicyclic) bond motifs is 1. The molecule has 0 saturated carbocycles. The molecule has 0 unspecified atom stereocenters. The number of piperidine rings is 1. The van der Waals surface area contributed by atoms with Gasteiger partial charge in [0.25, 0.3) is 0 Å². The highest BCUT2D eigenvalue weighted by Crippen LogP contribution is 2.36. The highest BCUT2D eigenvalue weighted by Gasteiger charge is 2.22. The molecule has 4 rings (SSSR count). The molecule has 3 aromatic rings. The molecule has 3 aromatic heterocycles. The van der Waals surface area contributed by atoms with Crippen molar-refractivity contribution >= 4 is 16.7 Å². The van der Waals surface area contributed by atoms with E-state index >= 15 is 0 Å². The zero-order chi connectivity index (χ0) is 16.5. The highest BCUT2D eigenvalue weighted by atomic mass is 19.1. The lowest BCUT2D eigenvalue weighted by Gasteiger charge is -2.34.